The molecule has 5 rings (SSSR count). The molecule has 7 heteroatoms. The maximum Gasteiger partial charge on any atom is 0.231 e. The van der Waals surface area contributed by atoms with Crippen molar-refractivity contribution in [2.45, 2.75) is 32.7 Å². The SMILES string of the molecule is CCN1CC[C@@]2(CN(c3ncccn3)CC23CCN(Cc2ccoc2)CC3)C1=O. The van der Waals surface area contributed by atoms with Gasteiger partial charge in [-0.3, -0.25) is 9.69 Å². The summed E-state index contributed by atoms with van der Waals surface area (Å²) in [6.07, 6.45) is 10.2. The van der Waals surface area contributed by atoms with Crippen molar-refractivity contribution >= 4 is 11.9 Å². The lowest BCUT2D eigenvalue weighted by Gasteiger charge is -2.46. The first-order valence-corrected chi connectivity index (χ1v) is 10.7. The Balaban J connectivity index is 1.41. The van der Waals surface area contributed by atoms with Crippen LogP contribution in [-0.2, 0) is 11.3 Å². The molecule has 0 saturated carbocycles. The van der Waals surface area contributed by atoms with E-state index in [1.165, 1.54) is 5.56 Å². The van der Waals surface area contributed by atoms with Crippen LogP contribution in [0.25, 0.3) is 0 Å². The van der Waals surface area contributed by atoms with Crippen molar-refractivity contribution in [1.82, 2.24) is 19.8 Å². The van der Waals surface area contributed by atoms with Crippen molar-refractivity contribution in [2.24, 2.45) is 10.8 Å². The Morgan fingerprint density at radius 2 is 1.90 bits per heavy atom. The third-order valence-corrected chi connectivity index (χ3v) is 7.49. The first kappa shape index (κ1) is 18.6. The Kier molecular flexibility index (Phi) is 4.57. The van der Waals surface area contributed by atoms with Crippen LogP contribution in [0.15, 0.2) is 41.5 Å². The van der Waals surface area contributed by atoms with Gasteiger partial charge in [0.25, 0.3) is 0 Å². The monoisotopic (exact) mass is 395 g/mol. The van der Waals surface area contributed by atoms with Crippen LogP contribution in [-0.4, -0.2) is 64.9 Å². The molecule has 3 aliphatic heterocycles. The Morgan fingerprint density at radius 1 is 1.10 bits per heavy atom. The highest BCUT2D eigenvalue weighted by atomic mass is 16.3. The van der Waals surface area contributed by atoms with E-state index in [0.29, 0.717) is 5.91 Å². The molecule has 0 bridgehead atoms. The zero-order valence-electron chi connectivity index (χ0n) is 17.1. The van der Waals surface area contributed by atoms with Gasteiger partial charge in [0.2, 0.25) is 11.9 Å². The molecular weight excluding hydrogens is 366 g/mol. The number of likely N-dealkylation sites (tertiary alicyclic amines) is 2. The fourth-order valence-corrected chi connectivity index (χ4v) is 5.86. The standard InChI is InChI=1S/C22H29N5O2/c1-2-26-12-7-22(19(26)28)17-27(20-23-8-3-9-24-20)16-21(22)5-10-25(11-6-21)14-18-4-13-29-15-18/h3-4,8-9,13,15H,2,5-7,10-12,14,16-17H2,1H3/t22-/m1/s1. The summed E-state index contributed by atoms with van der Waals surface area (Å²) in [5.41, 5.74) is 0.917. The number of fused-ring (bicyclic) bond motifs is 1. The lowest BCUT2D eigenvalue weighted by molar-refractivity contribution is -0.142. The van der Waals surface area contributed by atoms with Crippen molar-refractivity contribution in [1.29, 1.82) is 0 Å². The lowest BCUT2D eigenvalue weighted by atomic mass is 9.60. The summed E-state index contributed by atoms with van der Waals surface area (Å²) < 4.78 is 5.23. The number of nitrogens with zero attached hydrogens (tertiary/aromatic N) is 5. The van der Waals surface area contributed by atoms with Gasteiger partial charge < -0.3 is 14.2 Å². The molecule has 0 aliphatic carbocycles. The van der Waals surface area contributed by atoms with Gasteiger partial charge in [-0.15, -0.1) is 0 Å². The molecule has 3 aliphatic rings. The van der Waals surface area contributed by atoms with Gasteiger partial charge in [0.1, 0.15) is 0 Å². The first-order chi connectivity index (χ1) is 14.2. The topological polar surface area (TPSA) is 65.7 Å². The molecule has 1 amide bonds. The van der Waals surface area contributed by atoms with E-state index in [4.69, 9.17) is 4.42 Å². The lowest BCUT2D eigenvalue weighted by Crippen LogP contribution is -2.52. The maximum atomic E-state index is 13.6. The second kappa shape index (κ2) is 7.13. The number of carbonyl (C=O) groups is 1. The minimum atomic E-state index is -0.302. The normalized spacial score (nSPS) is 26.9. The van der Waals surface area contributed by atoms with Crippen molar-refractivity contribution in [3.63, 3.8) is 0 Å². The molecule has 2 aromatic heterocycles. The fourth-order valence-electron chi connectivity index (χ4n) is 5.86. The second-order valence-corrected chi connectivity index (χ2v) is 8.81. The molecule has 0 radical (unpaired) electrons. The van der Waals surface area contributed by atoms with Crippen LogP contribution in [0, 0.1) is 10.8 Å². The summed E-state index contributed by atoms with van der Waals surface area (Å²) in [6.45, 7) is 8.31. The van der Waals surface area contributed by atoms with Crippen molar-refractivity contribution in [3.8, 4) is 0 Å². The van der Waals surface area contributed by atoms with Crippen LogP contribution < -0.4 is 4.90 Å². The highest BCUT2D eigenvalue weighted by Gasteiger charge is 2.65. The molecule has 2 aromatic rings. The third-order valence-electron chi connectivity index (χ3n) is 7.49. The molecular formula is C22H29N5O2. The molecule has 7 nitrogen and oxygen atoms in total. The number of carbonyl (C=O) groups excluding carboxylic acids is 1. The molecule has 1 atom stereocenters. The van der Waals surface area contributed by atoms with E-state index in [9.17, 15) is 4.79 Å². The Hall–Kier alpha value is -2.41. The largest absolute Gasteiger partial charge is 0.472 e. The van der Waals surface area contributed by atoms with Gasteiger partial charge in [-0.1, -0.05) is 0 Å². The van der Waals surface area contributed by atoms with E-state index in [1.807, 2.05) is 18.4 Å². The number of piperidine rings is 1. The van der Waals surface area contributed by atoms with Crippen LogP contribution in [0.5, 0.6) is 0 Å². The molecule has 154 valence electrons. The zero-order valence-corrected chi connectivity index (χ0v) is 17.1. The third kappa shape index (κ3) is 2.94. The van der Waals surface area contributed by atoms with Crippen LogP contribution >= 0.6 is 0 Å². The Bertz CT molecular complexity index is 847. The molecule has 0 unspecified atom stereocenters. The quantitative estimate of drug-likeness (QED) is 0.792. The van der Waals surface area contributed by atoms with Crippen LogP contribution in [0.1, 0.15) is 31.7 Å². The van der Waals surface area contributed by atoms with Gasteiger partial charge in [-0.05, 0) is 51.4 Å². The van der Waals surface area contributed by atoms with Gasteiger partial charge >= 0.3 is 0 Å². The Labute approximate surface area is 171 Å². The van der Waals surface area contributed by atoms with Crippen molar-refractivity contribution < 1.29 is 9.21 Å². The van der Waals surface area contributed by atoms with Gasteiger partial charge in [-0.25, -0.2) is 9.97 Å². The molecule has 0 aromatic carbocycles. The van der Waals surface area contributed by atoms with E-state index in [2.05, 4.69) is 31.6 Å². The molecule has 5 heterocycles. The number of hydrogen-bond acceptors (Lipinski definition) is 6. The number of amides is 1. The number of furan rings is 1. The van der Waals surface area contributed by atoms with Gasteiger partial charge in [0, 0.05) is 56.1 Å². The summed E-state index contributed by atoms with van der Waals surface area (Å²) in [5.74, 6) is 1.11. The fraction of sp³-hybridized carbons (Fsp3) is 0.591. The molecule has 0 N–H and O–H groups in total. The van der Waals surface area contributed by atoms with Gasteiger partial charge in [-0.2, -0.15) is 0 Å². The highest BCUT2D eigenvalue weighted by Crippen LogP contribution is 2.58. The second-order valence-electron chi connectivity index (χ2n) is 8.81. The molecule has 3 saturated heterocycles. The summed E-state index contributed by atoms with van der Waals surface area (Å²) >= 11 is 0. The van der Waals surface area contributed by atoms with Crippen molar-refractivity contribution in [3.05, 3.63) is 42.6 Å². The van der Waals surface area contributed by atoms with Crippen molar-refractivity contribution in [2.75, 3.05) is 44.2 Å². The Morgan fingerprint density at radius 3 is 2.55 bits per heavy atom. The van der Waals surface area contributed by atoms with Crippen LogP contribution in [0.3, 0.4) is 0 Å². The van der Waals surface area contributed by atoms with Gasteiger partial charge in [0.15, 0.2) is 0 Å². The highest BCUT2D eigenvalue weighted by molar-refractivity contribution is 5.87. The summed E-state index contributed by atoms with van der Waals surface area (Å²) in [7, 11) is 0. The number of rotatable bonds is 4. The summed E-state index contributed by atoms with van der Waals surface area (Å²) in [6, 6.07) is 3.88. The predicted octanol–water partition coefficient (Wildman–Crippen LogP) is 2.41. The number of anilines is 1. The first-order valence-electron chi connectivity index (χ1n) is 10.7. The van der Waals surface area contributed by atoms with E-state index in [-0.39, 0.29) is 10.8 Å². The van der Waals surface area contributed by atoms with Gasteiger partial charge in [0.05, 0.1) is 17.9 Å². The van der Waals surface area contributed by atoms with E-state index < -0.39 is 0 Å². The molecule has 2 spiro atoms. The molecule has 29 heavy (non-hydrogen) atoms. The van der Waals surface area contributed by atoms with Crippen LogP contribution in [0.2, 0.25) is 0 Å². The summed E-state index contributed by atoms with van der Waals surface area (Å²) in [4.78, 5) is 29.4. The van der Waals surface area contributed by atoms with Crippen LogP contribution in [0.4, 0.5) is 5.95 Å². The minimum Gasteiger partial charge on any atom is -0.472 e. The summed E-state index contributed by atoms with van der Waals surface area (Å²) in [5, 5.41) is 0. The van der Waals surface area contributed by atoms with E-state index >= 15 is 0 Å². The maximum absolute atomic E-state index is 13.6. The van der Waals surface area contributed by atoms with E-state index in [1.54, 1.807) is 18.7 Å². The number of hydrogen-bond donors (Lipinski definition) is 0. The number of aromatic nitrogens is 2. The van der Waals surface area contributed by atoms with E-state index in [0.717, 1.165) is 71.0 Å². The molecule has 3 fully saturated rings. The smallest absolute Gasteiger partial charge is 0.231 e. The average Bonchev–Trinajstić information content (AvgIpc) is 3.46. The zero-order chi connectivity index (χ0) is 19.9. The average molecular weight is 396 g/mol. The minimum absolute atomic E-state index is 0.000100. The predicted molar refractivity (Wildman–Crippen MR) is 109 cm³/mol.